The summed E-state index contributed by atoms with van der Waals surface area (Å²) in [6, 6.07) is 9.20. The van der Waals surface area contributed by atoms with E-state index >= 15 is 0 Å². The molecular weight excluding hydrogens is 280 g/mol. The summed E-state index contributed by atoms with van der Waals surface area (Å²) in [5, 5.41) is 35.6. The number of benzene rings is 1. The zero-order valence-corrected chi connectivity index (χ0v) is 11.3. The predicted molar refractivity (Wildman–Crippen MR) is 72.1 cm³/mol. The maximum atomic E-state index is 9.48. The third-order valence-corrected chi connectivity index (χ3v) is 3.07. The number of halogens is 1. The standard InChI is InChI=1S/C13H13ClN4O2/c14-10-3-1-9(2-4-10)5-13-12(6-15)16-17-18(13)7-11(20)8-19/h1-4,11,19-20H,5,7-8H2. The van der Waals surface area contributed by atoms with E-state index in [2.05, 4.69) is 10.3 Å². The molecule has 6 nitrogen and oxygen atoms in total. The van der Waals surface area contributed by atoms with E-state index in [4.69, 9.17) is 22.0 Å². The summed E-state index contributed by atoms with van der Waals surface area (Å²) in [7, 11) is 0. The summed E-state index contributed by atoms with van der Waals surface area (Å²) >= 11 is 5.83. The molecule has 0 radical (unpaired) electrons. The Morgan fingerprint density at radius 3 is 2.65 bits per heavy atom. The second-order valence-electron chi connectivity index (χ2n) is 4.32. The normalized spacial score (nSPS) is 12.1. The van der Waals surface area contributed by atoms with Gasteiger partial charge in [0, 0.05) is 11.4 Å². The van der Waals surface area contributed by atoms with Crippen molar-refractivity contribution in [3.63, 3.8) is 0 Å². The Morgan fingerprint density at radius 1 is 1.35 bits per heavy atom. The number of hydrogen-bond acceptors (Lipinski definition) is 5. The molecule has 0 saturated heterocycles. The molecular formula is C13H13ClN4O2. The Balaban J connectivity index is 2.27. The first-order chi connectivity index (χ1) is 9.63. The fraction of sp³-hybridized carbons (Fsp3) is 0.308. The molecule has 0 amide bonds. The molecule has 0 bridgehead atoms. The van der Waals surface area contributed by atoms with E-state index in [-0.39, 0.29) is 18.8 Å². The Kier molecular flexibility index (Phi) is 4.69. The SMILES string of the molecule is N#Cc1nnn(CC(O)CO)c1Cc1ccc(Cl)cc1. The van der Waals surface area contributed by atoms with Crippen LogP contribution >= 0.6 is 11.6 Å². The first kappa shape index (κ1) is 14.5. The third kappa shape index (κ3) is 3.33. The maximum Gasteiger partial charge on any atom is 0.186 e. The topological polar surface area (TPSA) is 95.0 Å². The molecule has 0 fully saturated rings. The lowest BCUT2D eigenvalue weighted by molar-refractivity contribution is 0.0771. The maximum absolute atomic E-state index is 9.48. The fourth-order valence-electron chi connectivity index (χ4n) is 1.79. The van der Waals surface area contributed by atoms with E-state index in [1.165, 1.54) is 4.68 Å². The number of hydrogen-bond donors (Lipinski definition) is 2. The quantitative estimate of drug-likeness (QED) is 0.848. The smallest absolute Gasteiger partial charge is 0.186 e. The Morgan fingerprint density at radius 2 is 2.05 bits per heavy atom. The van der Waals surface area contributed by atoms with Crippen molar-refractivity contribution in [2.45, 2.75) is 19.1 Å². The molecule has 1 heterocycles. The van der Waals surface area contributed by atoms with Crippen LogP contribution in [0.25, 0.3) is 0 Å². The van der Waals surface area contributed by atoms with Gasteiger partial charge in [-0.15, -0.1) is 5.10 Å². The molecule has 0 aliphatic carbocycles. The van der Waals surface area contributed by atoms with Gasteiger partial charge in [-0.05, 0) is 17.7 Å². The molecule has 1 aromatic carbocycles. The summed E-state index contributed by atoms with van der Waals surface area (Å²) in [5.74, 6) is 0. The van der Waals surface area contributed by atoms with Gasteiger partial charge in [0.1, 0.15) is 6.07 Å². The van der Waals surface area contributed by atoms with E-state index in [1.54, 1.807) is 12.1 Å². The lowest BCUT2D eigenvalue weighted by atomic mass is 10.1. The lowest BCUT2D eigenvalue weighted by Crippen LogP contribution is -2.22. The van der Waals surface area contributed by atoms with Gasteiger partial charge in [-0.3, -0.25) is 0 Å². The van der Waals surface area contributed by atoms with Crippen molar-refractivity contribution in [2.75, 3.05) is 6.61 Å². The summed E-state index contributed by atoms with van der Waals surface area (Å²) in [5.41, 5.74) is 1.76. The van der Waals surface area contributed by atoms with Crippen molar-refractivity contribution in [2.24, 2.45) is 0 Å². The van der Waals surface area contributed by atoms with Crippen LogP contribution in [0.15, 0.2) is 24.3 Å². The van der Waals surface area contributed by atoms with Gasteiger partial charge in [0.15, 0.2) is 5.69 Å². The molecule has 0 spiro atoms. The minimum absolute atomic E-state index is 0.0914. The van der Waals surface area contributed by atoms with Gasteiger partial charge in [0.25, 0.3) is 0 Å². The average Bonchev–Trinajstić information content (AvgIpc) is 2.83. The van der Waals surface area contributed by atoms with Gasteiger partial charge in [0.05, 0.1) is 24.9 Å². The first-order valence-electron chi connectivity index (χ1n) is 6.00. The number of nitriles is 1. The Bertz CT molecular complexity index is 618. The van der Waals surface area contributed by atoms with Crippen LogP contribution in [-0.2, 0) is 13.0 Å². The van der Waals surface area contributed by atoms with Crippen LogP contribution < -0.4 is 0 Å². The fourth-order valence-corrected chi connectivity index (χ4v) is 1.92. The van der Waals surface area contributed by atoms with Gasteiger partial charge in [0.2, 0.25) is 0 Å². The molecule has 20 heavy (non-hydrogen) atoms. The molecule has 104 valence electrons. The highest BCUT2D eigenvalue weighted by Crippen LogP contribution is 2.15. The van der Waals surface area contributed by atoms with E-state index in [1.807, 2.05) is 18.2 Å². The molecule has 0 aliphatic rings. The number of nitrogens with zero attached hydrogens (tertiary/aromatic N) is 4. The second-order valence-corrected chi connectivity index (χ2v) is 4.75. The minimum Gasteiger partial charge on any atom is -0.394 e. The summed E-state index contributed by atoms with van der Waals surface area (Å²) in [4.78, 5) is 0. The number of aromatic nitrogens is 3. The molecule has 1 unspecified atom stereocenters. The van der Waals surface area contributed by atoms with Crippen LogP contribution in [0, 0.1) is 11.3 Å². The highest BCUT2D eigenvalue weighted by Gasteiger charge is 2.15. The largest absolute Gasteiger partial charge is 0.394 e. The number of aliphatic hydroxyl groups is 2. The van der Waals surface area contributed by atoms with Crippen LogP contribution in [0.4, 0.5) is 0 Å². The summed E-state index contributed by atoms with van der Waals surface area (Å²) < 4.78 is 1.44. The molecule has 2 rings (SSSR count). The van der Waals surface area contributed by atoms with Gasteiger partial charge >= 0.3 is 0 Å². The van der Waals surface area contributed by atoms with Crippen LogP contribution in [0.1, 0.15) is 17.0 Å². The van der Waals surface area contributed by atoms with Crippen LogP contribution in [-0.4, -0.2) is 37.9 Å². The zero-order chi connectivity index (χ0) is 14.5. The number of aliphatic hydroxyl groups excluding tert-OH is 2. The predicted octanol–water partition coefficient (Wildman–Crippen LogP) is 0.747. The van der Waals surface area contributed by atoms with Crippen LogP contribution in [0.5, 0.6) is 0 Å². The van der Waals surface area contributed by atoms with Crippen molar-refractivity contribution in [1.29, 1.82) is 5.26 Å². The lowest BCUT2D eigenvalue weighted by Gasteiger charge is -2.10. The molecule has 7 heteroatoms. The number of rotatable bonds is 5. The molecule has 1 atom stereocenters. The van der Waals surface area contributed by atoms with Crippen LogP contribution in [0.3, 0.4) is 0 Å². The van der Waals surface area contributed by atoms with Crippen molar-refractivity contribution < 1.29 is 10.2 Å². The molecule has 2 N–H and O–H groups in total. The highest BCUT2D eigenvalue weighted by molar-refractivity contribution is 6.30. The second kappa shape index (κ2) is 6.48. The van der Waals surface area contributed by atoms with Crippen LogP contribution in [0.2, 0.25) is 5.02 Å². The Hall–Kier alpha value is -1.94. The molecule has 2 aromatic rings. The summed E-state index contributed by atoms with van der Waals surface area (Å²) in [6.07, 6.45) is -0.488. The van der Waals surface area contributed by atoms with E-state index in [0.717, 1.165) is 5.56 Å². The molecule has 1 aromatic heterocycles. The van der Waals surface area contributed by atoms with Crippen molar-refractivity contribution in [3.8, 4) is 6.07 Å². The molecule has 0 aliphatic heterocycles. The Labute approximate surface area is 120 Å². The highest BCUT2D eigenvalue weighted by atomic mass is 35.5. The monoisotopic (exact) mass is 292 g/mol. The minimum atomic E-state index is -0.938. The van der Waals surface area contributed by atoms with Gasteiger partial charge in [-0.25, -0.2) is 4.68 Å². The van der Waals surface area contributed by atoms with Gasteiger partial charge in [-0.2, -0.15) is 5.26 Å². The average molecular weight is 293 g/mol. The zero-order valence-electron chi connectivity index (χ0n) is 10.6. The van der Waals surface area contributed by atoms with Crippen molar-refractivity contribution in [3.05, 3.63) is 46.2 Å². The van der Waals surface area contributed by atoms with E-state index in [9.17, 15) is 5.11 Å². The summed E-state index contributed by atoms with van der Waals surface area (Å²) in [6.45, 7) is -0.282. The first-order valence-corrected chi connectivity index (χ1v) is 6.37. The van der Waals surface area contributed by atoms with Crippen molar-refractivity contribution in [1.82, 2.24) is 15.0 Å². The van der Waals surface area contributed by atoms with E-state index in [0.29, 0.717) is 17.1 Å². The van der Waals surface area contributed by atoms with Gasteiger partial charge in [-0.1, -0.05) is 28.9 Å². The third-order valence-electron chi connectivity index (χ3n) is 2.82. The van der Waals surface area contributed by atoms with E-state index < -0.39 is 6.10 Å². The van der Waals surface area contributed by atoms with Crippen molar-refractivity contribution >= 4 is 11.6 Å². The van der Waals surface area contributed by atoms with Gasteiger partial charge < -0.3 is 10.2 Å². The molecule has 0 saturated carbocycles.